The van der Waals surface area contributed by atoms with E-state index in [1.807, 2.05) is 0 Å². The zero-order valence-electron chi connectivity index (χ0n) is 12.5. The molecule has 114 valence electrons. The number of nitrogens with one attached hydrogen (secondary N) is 2. The van der Waals surface area contributed by atoms with Crippen molar-refractivity contribution >= 4 is 11.8 Å². The SMILES string of the molecule is Cn1c(Sc2ccc(F)cc2CNC(C)(C)C)n[nH]c1=O. The van der Waals surface area contributed by atoms with Gasteiger partial charge in [0.15, 0.2) is 5.16 Å². The molecule has 0 spiro atoms. The second kappa shape index (κ2) is 6.03. The van der Waals surface area contributed by atoms with Crippen molar-refractivity contribution < 1.29 is 4.39 Å². The third-order valence-corrected chi connectivity index (χ3v) is 4.04. The first-order valence-corrected chi connectivity index (χ1v) is 7.40. The van der Waals surface area contributed by atoms with E-state index in [4.69, 9.17) is 0 Å². The van der Waals surface area contributed by atoms with Gasteiger partial charge in [-0.25, -0.2) is 14.3 Å². The highest BCUT2D eigenvalue weighted by Crippen LogP contribution is 2.29. The van der Waals surface area contributed by atoms with Crippen molar-refractivity contribution in [2.24, 2.45) is 7.05 Å². The van der Waals surface area contributed by atoms with Crippen LogP contribution in [0.1, 0.15) is 26.3 Å². The molecule has 1 aromatic carbocycles. The summed E-state index contributed by atoms with van der Waals surface area (Å²) < 4.78 is 14.9. The van der Waals surface area contributed by atoms with Gasteiger partial charge in [0.2, 0.25) is 0 Å². The Morgan fingerprint density at radius 3 is 2.71 bits per heavy atom. The summed E-state index contributed by atoms with van der Waals surface area (Å²) in [7, 11) is 1.64. The number of benzene rings is 1. The lowest BCUT2D eigenvalue weighted by atomic mass is 10.1. The maximum atomic E-state index is 13.5. The van der Waals surface area contributed by atoms with E-state index in [-0.39, 0.29) is 17.0 Å². The van der Waals surface area contributed by atoms with Crippen LogP contribution in [0, 0.1) is 5.82 Å². The van der Waals surface area contributed by atoms with Crippen LogP contribution in [-0.4, -0.2) is 20.3 Å². The van der Waals surface area contributed by atoms with Crippen LogP contribution in [0.5, 0.6) is 0 Å². The van der Waals surface area contributed by atoms with Crippen molar-refractivity contribution in [2.75, 3.05) is 0 Å². The Morgan fingerprint density at radius 1 is 1.43 bits per heavy atom. The highest BCUT2D eigenvalue weighted by Gasteiger charge is 2.14. The molecule has 1 aromatic heterocycles. The van der Waals surface area contributed by atoms with E-state index >= 15 is 0 Å². The smallest absolute Gasteiger partial charge is 0.308 e. The van der Waals surface area contributed by atoms with Gasteiger partial charge in [0, 0.05) is 24.0 Å². The van der Waals surface area contributed by atoms with E-state index < -0.39 is 0 Å². The second-order valence-electron chi connectivity index (χ2n) is 5.83. The molecule has 0 aliphatic heterocycles. The molecular weight excluding hydrogens is 291 g/mol. The van der Waals surface area contributed by atoms with Crippen LogP contribution in [0.25, 0.3) is 0 Å². The van der Waals surface area contributed by atoms with Gasteiger partial charge in [0.05, 0.1) is 0 Å². The number of hydrogen-bond acceptors (Lipinski definition) is 4. The van der Waals surface area contributed by atoms with Gasteiger partial charge in [-0.15, -0.1) is 5.10 Å². The average Bonchev–Trinajstić information content (AvgIpc) is 2.70. The van der Waals surface area contributed by atoms with Crippen molar-refractivity contribution in [1.82, 2.24) is 20.1 Å². The quantitative estimate of drug-likeness (QED) is 0.909. The Hall–Kier alpha value is -1.60. The van der Waals surface area contributed by atoms with Gasteiger partial charge in [-0.1, -0.05) is 0 Å². The predicted molar refractivity (Wildman–Crippen MR) is 80.9 cm³/mol. The van der Waals surface area contributed by atoms with E-state index in [0.717, 1.165) is 10.5 Å². The van der Waals surface area contributed by atoms with E-state index in [2.05, 4.69) is 36.3 Å². The molecule has 0 bridgehead atoms. The minimum atomic E-state index is -0.277. The van der Waals surface area contributed by atoms with E-state index in [1.165, 1.54) is 28.5 Å². The number of nitrogens with zero attached hydrogens (tertiary/aromatic N) is 2. The van der Waals surface area contributed by atoms with Gasteiger partial charge in [-0.05, 0) is 56.3 Å². The summed E-state index contributed by atoms with van der Waals surface area (Å²) in [5.74, 6) is -0.277. The van der Waals surface area contributed by atoms with E-state index in [1.54, 1.807) is 13.1 Å². The lowest BCUT2D eigenvalue weighted by Gasteiger charge is -2.21. The van der Waals surface area contributed by atoms with Crippen LogP contribution >= 0.6 is 11.8 Å². The van der Waals surface area contributed by atoms with Gasteiger partial charge >= 0.3 is 5.69 Å². The lowest BCUT2D eigenvalue weighted by molar-refractivity contribution is 0.422. The van der Waals surface area contributed by atoms with Gasteiger partial charge < -0.3 is 5.32 Å². The summed E-state index contributed by atoms with van der Waals surface area (Å²) >= 11 is 1.33. The van der Waals surface area contributed by atoms with Gasteiger partial charge in [0.1, 0.15) is 5.82 Å². The van der Waals surface area contributed by atoms with Crippen molar-refractivity contribution in [3.8, 4) is 0 Å². The normalized spacial score (nSPS) is 11.9. The fraction of sp³-hybridized carbons (Fsp3) is 0.429. The Kier molecular flexibility index (Phi) is 4.53. The predicted octanol–water partition coefficient (Wildman–Crippen LogP) is 2.29. The molecule has 0 saturated heterocycles. The number of hydrogen-bond donors (Lipinski definition) is 2. The van der Waals surface area contributed by atoms with Crippen LogP contribution in [0.2, 0.25) is 0 Å². The minimum Gasteiger partial charge on any atom is -0.308 e. The summed E-state index contributed by atoms with van der Waals surface area (Å²) in [6.07, 6.45) is 0. The van der Waals surface area contributed by atoms with Crippen LogP contribution < -0.4 is 11.0 Å². The highest BCUT2D eigenvalue weighted by atomic mass is 32.2. The molecule has 0 aliphatic rings. The van der Waals surface area contributed by atoms with Gasteiger partial charge in [0.25, 0.3) is 0 Å². The maximum Gasteiger partial charge on any atom is 0.343 e. The number of aromatic nitrogens is 3. The minimum absolute atomic E-state index is 0.0621. The van der Waals surface area contributed by atoms with Crippen LogP contribution in [0.15, 0.2) is 33.0 Å². The average molecular weight is 310 g/mol. The summed E-state index contributed by atoms with van der Waals surface area (Å²) in [4.78, 5) is 12.3. The molecule has 21 heavy (non-hydrogen) atoms. The number of rotatable bonds is 4. The van der Waals surface area contributed by atoms with E-state index in [0.29, 0.717) is 11.7 Å². The van der Waals surface area contributed by atoms with Crippen molar-refractivity contribution in [3.05, 3.63) is 40.1 Å². The molecule has 2 N–H and O–H groups in total. The number of H-pyrrole nitrogens is 1. The van der Waals surface area contributed by atoms with Gasteiger partial charge in [-0.3, -0.25) is 4.57 Å². The Labute approximate surface area is 127 Å². The summed E-state index contributed by atoms with van der Waals surface area (Å²) in [6.45, 7) is 6.70. The third-order valence-electron chi connectivity index (χ3n) is 2.87. The van der Waals surface area contributed by atoms with Crippen LogP contribution in [0.3, 0.4) is 0 Å². The van der Waals surface area contributed by atoms with Crippen molar-refractivity contribution in [2.45, 2.75) is 42.9 Å². The second-order valence-corrected chi connectivity index (χ2v) is 6.84. The molecular formula is C14H19FN4OS. The molecule has 0 unspecified atom stereocenters. The highest BCUT2D eigenvalue weighted by molar-refractivity contribution is 7.99. The monoisotopic (exact) mass is 310 g/mol. The molecule has 2 aromatic rings. The third kappa shape index (κ3) is 4.18. The largest absolute Gasteiger partial charge is 0.343 e. The first-order chi connectivity index (χ1) is 9.76. The van der Waals surface area contributed by atoms with Crippen LogP contribution in [0.4, 0.5) is 4.39 Å². The molecule has 7 heteroatoms. The summed E-state index contributed by atoms with van der Waals surface area (Å²) in [5.41, 5.74) is 0.507. The molecule has 0 fully saturated rings. The fourth-order valence-electron chi connectivity index (χ4n) is 1.67. The zero-order chi connectivity index (χ0) is 15.6. The first kappa shape index (κ1) is 15.8. The topological polar surface area (TPSA) is 62.7 Å². The Bertz CT molecular complexity index is 687. The fourth-order valence-corrected chi connectivity index (χ4v) is 2.57. The summed E-state index contributed by atoms with van der Waals surface area (Å²) in [5, 5.41) is 10.2. The maximum absolute atomic E-state index is 13.5. The van der Waals surface area contributed by atoms with Crippen molar-refractivity contribution in [3.63, 3.8) is 0 Å². The van der Waals surface area contributed by atoms with E-state index in [9.17, 15) is 9.18 Å². The number of aromatic amines is 1. The molecule has 0 amide bonds. The molecule has 0 radical (unpaired) electrons. The standard InChI is InChI=1S/C14H19FN4OS/c1-14(2,3)16-8-9-7-10(15)5-6-11(9)21-13-18-17-12(20)19(13)4/h5-7,16H,8H2,1-4H3,(H,17,20). The first-order valence-electron chi connectivity index (χ1n) is 6.59. The summed E-state index contributed by atoms with van der Waals surface area (Å²) in [6, 6.07) is 4.62. The molecule has 1 heterocycles. The number of halogens is 1. The van der Waals surface area contributed by atoms with Crippen molar-refractivity contribution in [1.29, 1.82) is 0 Å². The molecule has 5 nitrogen and oxygen atoms in total. The Morgan fingerprint density at radius 2 is 2.14 bits per heavy atom. The Balaban J connectivity index is 2.26. The zero-order valence-corrected chi connectivity index (χ0v) is 13.3. The van der Waals surface area contributed by atoms with Gasteiger partial charge in [-0.2, -0.15) is 0 Å². The molecule has 0 aliphatic carbocycles. The lowest BCUT2D eigenvalue weighted by Crippen LogP contribution is -2.35. The molecule has 0 atom stereocenters. The molecule has 2 rings (SSSR count). The molecule has 0 saturated carbocycles. The van der Waals surface area contributed by atoms with Crippen LogP contribution in [-0.2, 0) is 13.6 Å².